The molecule has 0 aliphatic carbocycles. The lowest BCUT2D eigenvalue weighted by Gasteiger charge is -2.31. The Hall–Kier alpha value is -1.64. The zero-order valence-corrected chi connectivity index (χ0v) is 9.04. The molecular formula is C13H14N2O. The Kier molecular flexibility index (Phi) is 2.24. The molecule has 0 radical (unpaired) electrons. The van der Waals surface area contributed by atoms with Crippen molar-refractivity contribution >= 4 is 5.91 Å². The summed E-state index contributed by atoms with van der Waals surface area (Å²) in [4.78, 5) is 18.3. The van der Waals surface area contributed by atoms with Gasteiger partial charge in [0.2, 0.25) is 0 Å². The molecule has 16 heavy (non-hydrogen) atoms. The molecule has 3 heterocycles. The van der Waals surface area contributed by atoms with Gasteiger partial charge in [-0.3, -0.25) is 9.78 Å². The second kappa shape index (κ2) is 3.74. The van der Waals surface area contributed by atoms with Crippen LogP contribution in [0.5, 0.6) is 0 Å². The largest absolute Gasteiger partial charge is 0.329 e. The summed E-state index contributed by atoms with van der Waals surface area (Å²) >= 11 is 0. The van der Waals surface area contributed by atoms with Crippen LogP contribution in [0, 0.1) is 0 Å². The van der Waals surface area contributed by atoms with Gasteiger partial charge in [-0.15, -0.1) is 0 Å². The van der Waals surface area contributed by atoms with E-state index in [0.29, 0.717) is 12.1 Å². The summed E-state index contributed by atoms with van der Waals surface area (Å²) in [6.45, 7) is 0. The third-order valence-electron chi connectivity index (χ3n) is 3.47. The minimum atomic E-state index is 0.152. The molecule has 3 nitrogen and oxygen atoms in total. The van der Waals surface area contributed by atoms with Crippen molar-refractivity contribution < 1.29 is 4.79 Å². The quantitative estimate of drug-likeness (QED) is 0.670. The first-order chi connectivity index (χ1) is 7.86. The molecule has 0 N–H and O–H groups in total. The van der Waals surface area contributed by atoms with Gasteiger partial charge in [-0.05, 0) is 31.4 Å². The number of carbonyl (C=O) groups is 1. The fourth-order valence-corrected chi connectivity index (χ4v) is 2.69. The fourth-order valence-electron chi connectivity index (χ4n) is 2.69. The Morgan fingerprint density at radius 1 is 1.31 bits per heavy atom. The maximum absolute atomic E-state index is 12.3. The van der Waals surface area contributed by atoms with Gasteiger partial charge in [0.15, 0.2) is 0 Å². The van der Waals surface area contributed by atoms with Crippen molar-refractivity contribution in [1.29, 1.82) is 0 Å². The molecule has 1 aromatic heterocycles. The summed E-state index contributed by atoms with van der Waals surface area (Å²) < 4.78 is 0. The van der Waals surface area contributed by atoms with Crippen LogP contribution in [-0.2, 0) is 0 Å². The Balaban J connectivity index is 1.89. The predicted octanol–water partition coefficient (Wildman–Crippen LogP) is 2.01. The summed E-state index contributed by atoms with van der Waals surface area (Å²) in [5, 5.41) is 0. The van der Waals surface area contributed by atoms with Gasteiger partial charge < -0.3 is 4.90 Å². The Morgan fingerprint density at radius 3 is 2.88 bits per heavy atom. The number of amides is 1. The number of nitrogens with zero attached hydrogens (tertiary/aromatic N) is 2. The van der Waals surface area contributed by atoms with Crippen molar-refractivity contribution in [3.8, 4) is 0 Å². The highest BCUT2D eigenvalue weighted by molar-refractivity contribution is 5.95. The number of aromatic nitrogens is 1. The monoisotopic (exact) mass is 214 g/mol. The molecule has 82 valence electrons. The van der Waals surface area contributed by atoms with E-state index in [1.807, 2.05) is 4.90 Å². The van der Waals surface area contributed by atoms with E-state index >= 15 is 0 Å². The first-order valence-electron chi connectivity index (χ1n) is 5.75. The van der Waals surface area contributed by atoms with Gasteiger partial charge in [0.25, 0.3) is 5.91 Å². The lowest BCUT2D eigenvalue weighted by atomic mass is 10.1. The summed E-state index contributed by atoms with van der Waals surface area (Å²) in [6, 6.07) is 4.32. The van der Waals surface area contributed by atoms with E-state index in [0.717, 1.165) is 24.8 Å². The standard InChI is InChI=1S/C13H14N2O/c16-13(10-6-8-14-9-7-10)15-11-2-1-3-12(15)5-4-11/h1-2,6-9,11-12H,3-5H2/t11-,12-/m0/s1. The zero-order valence-electron chi connectivity index (χ0n) is 9.04. The van der Waals surface area contributed by atoms with Gasteiger partial charge in [0.05, 0.1) is 6.04 Å². The van der Waals surface area contributed by atoms with Crippen LogP contribution < -0.4 is 0 Å². The highest BCUT2D eigenvalue weighted by atomic mass is 16.2. The minimum Gasteiger partial charge on any atom is -0.329 e. The molecule has 2 atom stereocenters. The van der Waals surface area contributed by atoms with Crippen LogP contribution in [0.3, 0.4) is 0 Å². The molecule has 3 rings (SSSR count). The average Bonchev–Trinajstić information content (AvgIpc) is 2.59. The van der Waals surface area contributed by atoms with Crippen LogP contribution in [0.4, 0.5) is 0 Å². The van der Waals surface area contributed by atoms with Crippen LogP contribution in [0.2, 0.25) is 0 Å². The van der Waals surface area contributed by atoms with E-state index in [9.17, 15) is 4.79 Å². The van der Waals surface area contributed by atoms with Crippen LogP contribution in [0.15, 0.2) is 36.7 Å². The van der Waals surface area contributed by atoms with Gasteiger partial charge in [0, 0.05) is 24.0 Å². The molecule has 2 bridgehead atoms. The molecule has 1 amide bonds. The summed E-state index contributed by atoms with van der Waals surface area (Å²) in [5.74, 6) is 0.152. The number of carbonyl (C=O) groups excluding carboxylic acids is 1. The molecular weight excluding hydrogens is 200 g/mol. The lowest BCUT2D eigenvalue weighted by molar-refractivity contribution is 0.0689. The average molecular weight is 214 g/mol. The topological polar surface area (TPSA) is 33.2 Å². The highest BCUT2D eigenvalue weighted by Crippen LogP contribution is 2.32. The number of hydrogen-bond donors (Lipinski definition) is 0. The van der Waals surface area contributed by atoms with Gasteiger partial charge in [-0.1, -0.05) is 12.2 Å². The summed E-state index contributed by atoms with van der Waals surface area (Å²) in [5.41, 5.74) is 0.752. The molecule has 0 unspecified atom stereocenters. The maximum atomic E-state index is 12.3. The first-order valence-corrected chi connectivity index (χ1v) is 5.75. The third kappa shape index (κ3) is 1.43. The van der Waals surface area contributed by atoms with Crippen molar-refractivity contribution in [2.24, 2.45) is 0 Å². The van der Waals surface area contributed by atoms with Crippen molar-refractivity contribution in [1.82, 2.24) is 9.88 Å². The number of hydrogen-bond acceptors (Lipinski definition) is 2. The zero-order chi connectivity index (χ0) is 11.0. The van der Waals surface area contributed by atoms with E-state index in [1.54, 1.807) is 24.5 Å². The fraction of sp³-hybridized carbons (Fsp3) is 0.385. The van der Waals surface area contributed by atoms with Crippen LogP contribution in [0.1, 0.15) is 29.6 Å². The normalized spacial score (nSPS) is 27.1. The Labute approximate surface area is 94.8 Å². The van der Waals surface area contributed by atoms with Crippen molar-refractivity contribution in [2.45, 2.75) is 31.3 Å². The van der Waals surface area contributed by atoms with Crippen LogP contribution in [0.25, 0.3) is 0 Å². The Bertz CT molecular complexity index is 427. The van der Waals surface area contributed by atoms with E-state index in [1.165, 1.54) is 0 Å². The molecule has 1 fully saturated rings. The van der Waals surface area contributed by atoms with Gasteiger partial charge in [-0.2, -0.15) is 0 Å². The predicted molar refractivity (Wildman–Crippen MR) is 61.0 cm³/mol. The second-order valence-corrected chi connectivity index (χ2v) is 4.41. The number of rotatable bonds is 1. The Morgan fingerprint density at radius 2 is 2.12 bits per heavy atom. The maximum Gasteiger partial charge on any atom is 0.254 e. The molecule has 2 aliphatic rings. The van der Waals surface area contributed by atoms with E-state index in [-0.39, 0.29) is 5.91 Å². The van der Waals surface area contributed by atoms with Crippen molar-refractivity contribution in [3.05, 3.63) is 42.2 Å². The van der Waals surface area contributed by atoms with E-state index in [4.69, 9.17) is 0 Å². The van der Waals surface area contributed by atoms with E-state index in [2.05, 4.69) is 17.1 Å². The van der Waals surface area contributed by atoms with Gasteiger partial charge >= 0.3 is 0 Å². The number of fused-ring (bicyclic) bond motifs is 2. The lowest BCUT2D eigenvalue weighted by Crippen LogP contribution is -2.42. The second-order valence-electron chi connectivity index (χ2n) is 4.41. The molecule has 0 saturated carbocycles. The molecule has 1 aromatic rings. The van der Waals surface area contributed by atoms with Gasteiger partial charge in [-0.25, -0.2) is 0 Å². The highest BCUT2D eigenvalue weighted by Gasteiger charge is 2.37. The molecule has 3 heteroatoms. The molecule has 0 aromatic carbocycles. The summed E-state index contributed by atoms with van der Waals surface area (Å²) in [7, 11) is 0. The minimum absolute atomic E-state index is 0.152. The SMILES string of the molecule is O=C(c1ccncc1)N1[C@H]2CC=C[C@H]1CC2. The molecule has 2 aliphatic heterocycles. The van der Waals surface area contributed by atoms with Gasteiger partial charge in [0.1, 0.15) is 0 Å². The van der Waals surface area contributed by atoms with Crippen LogP contribution in [-0.4, -0.2) is 27.9 Å². The smallest absolute Gasteiger partial charge is 0.254 e. The number of pyridine rings is 1. The first kappa shape index (κ1) is 9.58. The van der Waals surface area contributed by atoms with Crippen LogP contribution >= 0.6 is 0 Å². The van der Waals surface area contributed by atoms with Crippen molar-refractivity contribution in [3.63, 3.8) is 0 Å². The molecule has 0 spiro atoms. The third-order valence-corrected chi connectivity index (χ3v) is 3.47. The molecule has 1 saturated heterocycles. The van der Waals surface area contributed by atoms with Crippen molar-refractivity contribution in [2.75, 3.05) is 0 Å². The van der Waals surface area contributed by atoms with E-state index < -0.39 is 0 Å². The summed E-state index contributed by atoms with van der Waals surface area (Å²) in [6.07, 6.45) is 11.0.